The summed E-state index contributed by atoms with van der Waals surface area (Å²) in [7, 11) is 0. The van der Waals surface area contributed by atoms with Crippen LogP contribution in [0.15, 0.2) is 28.7 Å². The van der Waals surface area contributed by atoms with Gasteiger partial charge in [-0.1, -0.05) is 19.1 Å². The summed E-state index contributed by atoms with van der Waals surface area (Å²) >= 11 is 0. The molecule has 0 aliphatic carbocycles. The van der Waals surface area contributed by atoms with Crippen LogP contribution in [-0.2, 0) is 19.3 Å². The van der Waals surface area contributed by atoms with Crippen LogP contribution >= 0.6 is 0 Å². The average molecular weight is 217 g/mol. The van der Waals surface area contributed by atoms with Crippen molar-refractivity contribution < 1.29 is 4.42 Å². The van der Waals surface area contributed by atoms with Crippen molar-refractivity contribution in [3.8, 4) is 0 Å². The third-order valence-corrected chi connectivity index (χ3v) is 2.42. The van der Waals surface area contributed by atoms with Crippen molar-refractivity contribution in [3.63, 3.8) is 0 Å². The highest BCUT2D eigenvalue weighted by Crippen LogP contribution is 2.09. The Bertz CT molecular complexity index is 448. The molecule has 0 radical (unpaired) electrons. The van der Waals surface area contributed by atoms with Gasteiger partial charge in [0.05, 0.1) is 0 Å². The summed E-state index contributed by atoms with van der Waals surface area (Å²) in [5.74, 6) is 1.40. The van der Waals surface area contributed by atoms with E-state index in [1.54, 1.807) is 0 Å². The molecule has 2 N–H and O–H groups in total. The average Bonchev–Trinajstić information content (AvgIpc) is 2.76. The highest BCUT2D eigenvalue weighted by atomic mass is 16.4. The fourth-order valence-electron chi connectivity index (χ4n) is 1.47. The smallest absolute Gasteiger partial charge is 0.216 e. The van der Waals surface area contributed by atoms with Gasteiger partial charge in [0.1, 0.15) is 0 Å². The SMILES string of the molecule is CCc1nnc(CCc2ccc(N)cc2)o1. The predicted molar refractivity (Wildman–Crippen MR) is 61.9 cm³/mol. The molecule has 0 unspecified atom stereocenters. The summed E-state index contributed by atoms with van der Waals surface area (Å²) in [5.41, 5.74) is 7.63. The number of rotatable bonds is 4. The van der Waals surface area contributed by atoms with E-state index in [1.165, 1.54) is 5.56 Å². The lowest BCUT2D eigenvalue weighted by atomic mass is 10.1. The number of hydrogen-bond donors (Lipinski definition) is 1. The second kappa shape index (κ2) is 4.79. The summed E-state index contributed by atoms with van der Waals surface area (Å²) in [4.78, 5) is 0. The van der Waals surface area contributed by atoms with E-state index in [0.29, 0.717) is 11.8 Å². The van der Waals surface area contributed by atoms with Crippen molar-refractivity contribution in [1.29, 1.82) is 0 Å². The minimum atomic E-state index is 0.701. The monoisotopic (exact) mass is 217 g/mol. The Morgan fingerprint density at radius 1 is 1.06 bits per heavy atom. The molecule has 4 heteroatoms. The number of benzene rings is 1. The summed E-state index contributed by atoms with van der Waals surface area (Å²) in [6.45, 7) is 2.00. The highest BCUT2D eigenvalue weighted by molar-refractivity contribution is 5.39. The Morgan fingerprint density at radius 3 is 2.38 bits per heavy atom. The van der Waals surface area contributed by atoms with Crippen LogP contribution in [-0.4, -0.2) is 10.2 Å². The lowest BCUT2D eigenvalue weighted by Crippen LogP contribution is -1.92. The number of aromatic nitrogens is 2. The second-order valence-electron chi connectivity index (χ2n) is 3.68. The zero-order valence-electron chi connectivity index (χ0n) is 9.31. The van der Waals surface area contributed by atoms with Crippen LogP contribution in [0, 0.1) is 0 Å². The molecule has 0 spiro atoms. The minimum absolute atomic E-state index is 0.701. The van der Waals surface area contributed by atoms with Gasteiger partial charge in [0, 0.05) is 18.5 Å². The molecular formula is C12H15N3O. The molecule has 1 aromatic heterocycles. The van der Waals surface area contributed by atoms with E-state index in [2.05, 4.69) is 10.2 Å². The van der Waals surface area contributed by atoms with Crippen molar-refractivity contribution >= 4 is 5.69 Å². The van der Waals surface area contributed by atoms with Crippen molar-refractivity contribution in [2.75, 3.05) is 5.73 Å². The molecule has 2 rings (SSSR count). The molecule has 16 heavy (non-hydrogen) atoms. The van der Waals surface area contributed by atoms with Crippen LogP contribution in [0.25, 0.3) is 0 Å². The lowest BCUT2D eigenvalue weighted by molar-refractivity contribution is 0.453. The van der Waals surface area contributed by atoms with Crippen molar-refractivity contribution in [2.24, 2.45) is 0 Å². The first-order valence-electron chi connectivity index (χ1n) is 5.43. The fourth-order valence-corrected chi connectivity index (χ4v) is 1.47. The van der Waals surface area contributed by atoms with Gasteiger partial charge >= 0.3 is 0 Å². The largest absolute Gasteiger partial charge is 0.425 e. The van der Waals surface area contributed by atoms with Crippen molar-refractivity contribution in [3.05, 3.63) is 41.6 Å². The Morgan fingerprint density at radius 2 is 1.75 bits per heavy atom. The molecule has 0 fully saturated rings. The molecule has 4 nitrogen and oxygen atoms in total. The molecule has 0 bridgehead atoms. The maximum absolute atomic E-state index is 5.61. The molecule has 0 saturated heterocycles. The minimum Gasteiger partial charge on any atom is -0.425 e. The molecule has 0 amide bonds. The third-order valence-electron chi connectivity index (χ3n) is 2.42. The van der Waals surface area contributed by atoms with Crippen LogP contribution in [0.1, 0.15) is 24.3 Å². The summed E-state index contributed by atoms with van der Waals surface area (Å²) < 4.78 is 5.43. The van der Waals surface area contributed by atoms with E-state index in [0.717, 1.165) is 24.9 Å². The van der Waals surface area contributed by atoms with Gasteiger partial charge in [-0.2, -0.15) is 0 Å². The fraction of sp³-hybridized carbons (Fsp3) is 0.333. The van der Waals surface area contributed by atoms with Crippen LogP contribution in [0.4, 0.5) is 5.69 Å². The van der Waals surface area contributed by atoms with Crippen molar-refractivity contribution in [2.45, 2.75) is 26.2 Å². The number of hydrogen-bond acceptors (Lipinski definition) is 4. The number of aryl methyl sites for hydroxylation is 3. The standard InChI is InChI=1S/C12H15N3O/c1-2-11-14-15-12(16-11)8-5-9-3-6-10(13)7-4-9/h3-4,6-7H,2,5,8,13H2,1H3. The Hall–Kier alpha value is -1.84. The van der Waals surface area contributed by atoms with Crippen LogP contribution in [0.5, 0.6) is 0 Å². The molecule has 2 aromatic rings. The van der Waals surface area contributed by atoms with Gasteiger partial charge in [0.25, 0.3) is 0 Å². The highest BCUT2D eigenvalue weighted by Gasteiger charge is 2.04. The van der Waals surface area contributed by atoms with Gasteiger partial charge in [-0.15, -0.1) is 10.2 Å². The molecule has 0 saturated carbocycles. The molecule has 1 heterocycles. The summed E-state index contributed by atoms with van der Waals surface area (Å²) in [6.07, 6.45) is 2.46. The third kappa shape index (κ3) is 2.59. The van der Waals surface area contributed by atoms with E-state index >= 15 is 0 Å². The zero-order valence-corrected chi connectivity index (χ0v) is 9.31. The quantitative estimate of drug-likeness (QED) is 0.795. The van der Waals surface area contributed by atoms with Crippen molar-refractivity contribution in [1.82, 2.24) is 10.2 Å². The van der Waals surface area contributed by atoms with E-state index in [9.17, 15) is 0 Å². The van der Waals surface area contributed by atoms with Crippen LogP contribution in [0.2, 0.25) is 0 Å². The molecule has 0 aliphatic heterocycles. The van der Waals surface area contributed by atoms with Crippen LogP contribution < -0.4 is 5.73 Å². The Balaban J connectivity index is 1.94. The molecule has 0 aliphatic rings. The van der Waals surface area contributed by atoms with E-state index in [4.69, 9.17) is 10.2 Å². The van der Waals surface area contributed by atoms with E-state index in [-0.39, 0.29) is 0 Å². The van der Waals surface area contributed by atoms with Gasteiger partial charge in [-0.05, 0) is 24.1 Å². The van der Waals surface area contributed by atoms with Gasteiger partial charge in [0.2, 0.25) is 11.8 Å². The first-order chi connectivity index (χ1) is 7.78. The van der Waals surface area contributed by atoms with Gasteiger partial charge in [0.15, 0.2) is 0 Å². The van der Waals surface area contributed by atoms with Gasteiger partial charge in [-0.3, -0.25) is 0 Å². The number of nitrogens with zero attached hydrogens (tertiary/aromatic N) is 2. The molecular weight excluding hydrogens is 202 g/mol. The van der Waals surface area contributed by atoms with E-state index in [1.807, 2.05) is 31.2 Å². The summed E-state index contributed by atoms with van der Waals surface area (Å²) in [6, 6.07) is 7.85. The number of nitrogens with two attached hydrogens (primary N) is 1. The topological polar surface area (TPSA) is 64.9 Å². The first-order valence-corrected chi connectivity index (χ1v) is 5.43. The first kappa shape index (κ1) is 10.7. The number of anilines is 1. The normalized spacial score (nSPS) is 10.6. The second-order valence-corrected chi connectivity index (χ2v) is 3.68. The zero-order chi connectivity index (χ0) is 11.4. The summed E-state index contributed by atoms with van der Waals surface area (Å²) in [5, 5.41) is 7.90. The van der Waals surface area contributed by atoms with Gasteiger partial charge in [-0.25, -0.2) is 0 Å². The molecule has 84 valence electrons. The Kier molecular flexibility index (Phi) is 3.19. The molecule has 1 aromatic carbocycles. The molecule has 0 atom stereocenters. The maximum Gasteiger partial charge on any atom is 0.216 e. The van der Waals surface area contributed by atoms with E-state index < -0.39 is 0 Å². The Labute approximate surface area is 94.5 Å². The number of nitrogen functional groups attached to an aromatic ring is 1. The predicted octanol–water partition coefficient (Wildman–Crippen LogP) is 2.00. The van der Waals surface area contributed by atoms with Crippen LogP contribution in [0.3, 0.4) is 0 Å². The maximum atomic E-state index is 5.61. The lowest BCUT2D eigenvalue weighted by Gasteiger charge is -1.98. The van der Waals surface area contributed by atoms with Gasteiger partial charge < -0.3 is 10.2 Å².